The van der Waals surface area contributed by atoms with E-state index in [-0.39, 0.29) is 17.9 Å². The van der Waals surface area contributed by atoms with Crippen LogP contribution in [0.3, 0.4) is 0 Å². The van der Waals surface area contributed by atoms with Crippen molar-refractivity contribution >= 4 is 17.6 Å². The molecule has 5 rings (SSSR count). The maximum absolute atomic E-state index is 14.1. The van der Waals surface area contributed by atoms with Crippen LogP contribution >= 0.6 is 0 Å². The van der Waals surface area contributed by atoms with E-state index in [0.717, 1.165) is 38.3 Å². The molecule has 0 N–H and O–H groups in total. The molecule has 0 radical (unpaired) electrons. The number of urea groups is 1. The third kappa shape index (κ3) is 3.37. The Morgan fingerprint density at radius 3 is 2.56 bits per heavy atom. The summed E-state index contributed by atoms with van der Waals surface area (Å²) < 4.78 is 14.1. The minimum absolute atomic E-state index is 0.210. The predicted molar refractivity (Wildman–Crippen MR) is 124 cm³/mol. The van der Waals surface area contributed by atoms with Crippen molar-refractivity contribution in [2.75, 3.05) is 18.0 Å². The summed E-state index contributed by atoms with van der Waals surface area (Å²) in [5.41, 5.74) is 2.51. The number of fused-ring (bicyclic) bond motifs is 1. The van der Waals surface area contributed by atoms with Gasteiger partial charge in [-0.25, -0.2) is 9.18 Å². The first-order valence-corrected chi connectivity index (χ1v) is 11.2. The standard InChI is InChI=1S/C26H27FN4O/c1-3-4-13-29-14-12-26(16-19(29)2)24(30-17-20-8-5-6-9-21(20)18-30)28-25(32)31(26)23-11-7-10-22(27)15-23/h5-11,15,19H,12-14,16-18H2,1-2H3. The summed E-state index contributed by atoms with van der Waals surface area (Å²) in [5.74, 6) is 6.61. The van der Waals surface area contributed by atoms with E-state index < -0.39 is 5.54 Å². The number of hydrogen-bond acceptors (Lipinski definition) is 3. The van der Waals surface area contributed by atoms with Gasteiger partial charge in [0.15, 0.2) is 0 Å². The number of nitrogens with zero attached hydrogens (tertiary/aromatic N) is 4. The molecule has 0 aliphatic carbocycles. The molecule has 3 aliphatic rings. The second kappa shape index (κ2) is 8.07. The molecule has 0 aromatic heterocycles. The van der Waals surface area contributed by atoms with Gasteiger partial charge in [0.25, 0.3) is 0 Å². The van der Waals surface area contributed by atoms with Gasteiger partial charge in [0.05, 0.1) is 6.54 Å². The van der Waals surface area contributed by atoms with Crippen LogP contribution in [0.2, 0.25) is 0 Å². The smallest absolute Gasteiger partial charge is 0.349 e. The van der Waals surface area contributed by atoms with E-state index in [4.69, 9.17) is 0 Å². The van der Waals surface area contributed by atoms with Crippen molar-refractivity contribution in [1.82, 2.24) is 9.80 Å². The Morgan fingerprint density at radius 2 is 1.91 bits per heavy atom. The van der Waals surface area contributed by atoms with Crippen LogP contribution < -0.4 is 4.90 Å². The molecule has 5 nitrogen and oxygen atoms in total. The largest absolute Gasteiger partial charge is 0.350 e. The van der Waals surface area contributed by atoms with Crippen LogP contribution in [0.15, 0.2) is 53.5 Å². The summed E-state index contributed by atoms with van der Waals surface area (Å²) in [6.07, 6.45) is 1.46. The third-order valence-electron chi connectivity index (χ3n) is 6.97. The first-order chi connectivity index (χ1) is 15.5. The zero-order valence-corrected chi connectivity index (χ0v) is 18.5. The first-order valence-electron chi connectivity index (χ1n) is 11.2. The van der Waals surface area contributed by atoms with Gasteiger partial charge >= 0.3 is 6.03 Å². The van der Waals surface area contributed by atoms with Crippen LogP contribution in [-0.4, -0.2) is 46.3 Å². The lowest BCUT2D eigenvalue weighted by Gasteiger charge is -2.49. The summed E-state index contributed by atoms with van der Waals surface area (Å²) in [4.78, 5) is 24.2. The lowest BCUT2D eigenvalue weighted by Crippen LogP contribution is -2.63. The van der Waals surface area contributed by atoms with Crippen molar-refractivity contribution in [3.8, 4) is 11.8 Å². The van der Waals surface area contributed by atoms with E-state index in [0.29, 0.717) is 12.2 Å². The van der Waals surface area contributed by atoms with Crippen LogP contribution in [-0.2, 0) is 13.1 Å². The van der Waals surface area contributed by atoms with Crippen molar-refractivity contribution in [2.24, 2.45) is 4.99 Å². The Kier molecular flexibility index (Phi) is 5.22. The van der Waals surface area contributed by atoms with Gasteiger partial charge in [-0.05, 0) is 56.0 Å². The van der Waals surface area contributed by atoms with Crippen molar-refractivity contribution in [2.45, 2.75) is 51.4 Å². The molecule has 164 valence electrons. The van der Waals surface area contributed by atoms with Crippen LogP contribution in [0.1, 0.15) is 37.8 Å². The molecule has 0 saturated carbocycles. The predicted octanol–water partition coefficient (Wildman–Crippen LogP) is 4.43. The second-order valence-corrected chi connectivity index (χ2v) is 8.89. The van der Waals surface area contributed by atoms with E-state index in [2.05, 4.69) is 45.7 Å². The number of amides is 2. The average Bonchev–Trinajstić information content (AvgIpc) is 3.32. The molecule has 6 heteroatoms. The Bertz CT molecular complexity index is 1120. The van der Waals surface area contributed by atoms with E-state index >= 15 is 0 Å². The fourth-order valence-electron chi connectivity index (χ4n) is 5.44. The molecule has 2 unspecified atom stereocenters. The number of rotatable bonds is 2. The lowest BCUT2D eigenvalue weighted by atomic mass is 9.80. The fraction of sp³-hybridized carbons (Fsp3) is 0.385. The van der Waals surface area contributed by atoms with Gasteiger partial charge in [-0.2, -0.15) is 4.99 Å². The summed E-state index contributed by atoms with van der Waals surface area (Å²) >= 11 is 0. The second-order valence-electron chi connectivity index (χ2n) is 8.89. The molecule has 32 heavy (non-hydrogen) atoms. The van der Waals surface area contributed by atoms with E-state index in [1.807, 2.05) is 19.1 Å². The molecule has 1 saturated heterocycles. The van der Waals surface area contributed by atoms with Crippen LogP contribution in [0.5, 0.6) is 0 Å². The van der Waals surface area contributed by atoms with Crippen LogP contribution in [0.4, 0.5) is 14.9 Å². The van der Waals surface area contributed by atoms with Crippen molar-refractivity contribution in [3.05, 3.63) is 65.5 Å². The van der Waals surface area contributed by atoms with Gasteiger partial charge in [0.2, 0.25) is 0 Å². The fourth-order valence-corrected chi connectivity index (χ4v) is 5.44. The minimum atomic E-state index is -0.595. The number of anilines is 1. The Hall–Kier alpha value is -3.17. The molecule has 1 fully saturated rings. The SMILES string of the molecule is CC#CCN1CCC2(CC1C)C(N1Cc3ccccc3C1)=NC(=O)N2c1cccc(F)c1. The summed E-state index contributed by atoms with van der Waals surface area (Å²) in [6, 6.07) is 14.6. The zero-order valence-electron chi connectivity index (χ0n) is 18.5. The number of aliphatic imine (C=N–C) groups is 1. The summed E-state index contributed by atoms with van der Waals surface area (Å²) in [6.45, 7) is 7.02. The molecule has 0 bridgehead atoms. The van der Waals surface area contributed by atoms with Gasteiger partial charge in [0.1, 0.15) is 17.2 Å². The van der Waals surface area contributed by atoms with Gasteiger partial charge in [-0.15, -0.1) is 5.92 Å². The number of likely N-dealkylation sites (tertiary alicyclic amines) is 1. The Balaban J connectivity index is 1.54. The number of benzene rings is 2. The minimum Gasteiger partial charge on any atom is -0.349 e. The van der Waals surface area contributed by atoms with Crippen molar-refractivity contribution in [3.63, 3.8) is 0 Å². The average molecular weight is 431 g/mol. The highest BCUT2D eigenvalue weighted by Crippen LogP contribution is 2.43. The van der Waals surface area contributed by atoms with E-state index in [9.17, 15) is 9.18 Å². The maximum Gasteiger partial charge on any atom is 0.350 e. The van der Waals surface area contributed by atoms with Crippen LogP contribution in [0.25, 0.3) is 0 Å². The highest BCUT2D eigenvalue weighted by molar-refractivity contribution is 6.16. The van der Waals surface area contributed by atoms with Gasteiger partial charge < -0.3 is 4.90 Å². The molecule has 3 heterocycles. The van der Waals surface area contributed by atoms with Gasteiger partial charge in [0, 0.05) is 31.4 Å². The molecule has 3 aliphatic heterocycles. The van der Waals surface area contributed by atoms with Crippen molar-refractivity contribution < 1.29 is 9.18 Å². The number of halogens is 1. The topological polar surface area (TPSA) is 39.1 Å². The Morgan fingerprint density at radius 1 is 1.16 bits per heavy atom. The van der Waals surface area contributed by atoms with E-state index in [1.54, 1.807) is 17.0 Å². The summed E-state index contributed by atoms with van der Waals surface area (Å²) in [5, 5.41) is 0. The molecule has 2 aromatic rings. The monoisotopic (exact) mass is 430 g/mol. The van der Waals surface area contributed by atoms with Gasteiger partial charge in [-0.1, -0.05) is 36.3 Å². The molecule has 2 atom stereocenters. The molecular formula is C26H27FN4O. The summed E-state index contributed by atoms with van der Waals surface area (Å²) in [7, 11) is 0. The zero-order chi connectivity index (χ0) is 22.3. The molecule has 2 amide bonds. The number of amidine groups is 1. The Labute approximate surface area is 188 Å². The van der Waals surface area contributed by atoms with E-state index in [1.165, 1.54) is 23.3 Å². The third-order valence-corrected chi connectivity index (χ3v) is 6.97. The molecular weight excluding hydrogens is 403 g/mol. The number of piperidine rings is 1. The maximum atomic E-state index is 14.1. The first kappa shape index (κ1) is 20.7. The molecule has 2 aromatic carbocycles. The number of carbonyl (C=O) groups excluding carboxylic acids is 1. The van der Waals surface area contributed by atoms with Gasteiger partial charge in [-0.3, -0.25) is 9.80 Å². The quantitative estimate of drug-likeness (QED) is 0.662. The lowest BCUT2D eigenvalue weighted by molar-refractivity contribution is 0.141. The molecule has 1 spiro atoms. The van der Waals surface area contributed by atoms with Crippen LogP contribution in [0, 0.1) is 17.7 Å². The highest BCUT2D eigenvalue weighted by Gasteiger charge is 2.55. The highest BCUT2D eigenvalue weighted by atomic mass is 19.1. The van der Waals surface area contributed by atoms with Crippen molar-refractivity contribution in [1.29, 1.82) is 0 Å². The normalized spacial score (nSPS) is 25.0. The number of hydrogen-bond donors (Lipinski definition) is 0. The number of carbonyl (C=O) groups is 1.